The van der Waals surface area contributed by atoms with Crippen LogP contribution in [-0.2, 0) is 4.79 Å². The number of rotatable bonds is 9. The van der Waals surface area contributed by atoms with Crippen molar-refractivity contribution in [3.05, 3.63) is 22.4 Å². The first-order valence-corrected chi connectivity index (χ1v) is 9.49. The fourth-order valence-corrected chi connectivity index (χ4v) is 3.28. The van der Waals surface area contributed by atoms with Gasteiger partial charge >= 0.3 is 0 Å². The number of hydrogen-bond donors (Lipinski definition) is 3. The predicted octanol–water partition coefficient (Wildman–Crippen LogP) is 1.43. The smallest absolute Gasteiger partial charge is 0.223 e. The van der Waals surface area contributed by atoms with Crippen molar-refractivity contribution in [1.82, 2.24) is 20.9 Å². The van der Waals surface area contributed by atoms with E-state index in [-0.39, 0.29) is 17.9 Å². The number of guanidine groups is 1. The van der Waals surface area contributed by atoms with Crippen molar-refractivity contribution < 1.29 is 4.79 Å². The van der Waals surface area contributed by atoms with Gasteiger partial charge in [-0.2, -0.15) is 0 Å². The lowest BCUT2D eigenvalue weighted by Crippen LogP contribution is -2.42. The average Bonchev–Trinajstić information content (AvgIpc) is 3.27. The molecule has 1 amide bonds. The Balaban J connectivity index is 1.80. The second-order valence-electron chi connectivity index (χ2n) is 6.21. The van der Waals surface area contributed by atoms with Crippen LogP contribution in [0.25, 0.3) is 0 Å². The molecule has 1 saturated carbocycles. The highest BCUT2D eigenvalue weighted by Crippen LogP contribution is 2.28. The van der Waals surface area contributed by atoms with E-state index in [4.69, 9.17) is 4.99 Å². The van der Waals surface area contributed by atoms with Crippen LogP contribution in [0.2, 0.25) is 0 Å². The maximum Gasteiger partial charge on any atom is 0.223 e. The first-order valence-electron chi connectivity index (χ1n) is 8.61. The summed E-state index contributed by atoms with van der Waals surface area (Å²) in [6.07, 6.45) is 2.08. The van der Waals surface area contributed by atoms with Gasteiger partial charge < -0.3 is 20.9 Å². The van der Waals surface area contributed by atoms with Gasteiger partial charge in [0, 0.05) is 30.4 Å². The largest absolute Gasteiger partial charge is 0.357 e. The molecular weight excluding hydrogens is 322 g/mol. The summed E-state index contributed by atoms with van der Waals surface area (Å²) in [5.41, 5.74) is 0. The van der Waals surface area contributed by atoms with Crippen molar-refractivity contribution in [3.8, 4) is 0 Å². The van der Waals surface area contributed by atoms with E-state index in [1.165, 1.54) is 4.88 Å². The molecule has 0 radical (unpaired) electrons. The summed E-state index contributed by atoms with van der Waals surface area (Å²) in [6.45, 7) is 4.86. The van der Waals surface area contributed by atoms with Crippen molar-refractivity contribution in [1.29, 1.82) is 0 Å². The Bertz CT molecular complexity index is 525. The quantitative estimate of drug-likeness (QED) is 0.358. The van der Waals surface area contributed by atoms with E-state index < -0.39 is 0 Å². The molecule has 1 fully saturated rings. The van der Waals surface area contributed by atoms with Gasteiger partial charge in [0.15, 0.2) is 5.96 Å². The third kappa shape index (κ3) is 6.13. The van der Waals surface area contributed by atoms with Gasteiger partial charge in [0.25, 0.3) is 0 Å². The molecule has 3 N–H and O–H groups in total. The van der Waals surface area contributed by atoms with Crippen LogP contribution in [0, 0.1) is 5.92 Å². The molecule has 0 aliphatic heterocycles. The summed E-state index contributed by atoms with van der Waals surface area (Å²) in [5, 5.41) is 11.6. The summed E-state index contributed by atoms with van der Waals surface area (Å²) in [6, 6.07) is 4.50. The molecule has 2 rings (SSSR count). The van der Waals surface area contributed by atoms with Crippen molar-refractivity contribution >= 4 is 23.2 Å². The number of aliphatic imine (C=N–C) groups is 1. The van der Waals surface area contributed by atoms with Crippen LogP contribution >= 0.6 is 11.3 Å². The Labute approximate surface area is 148 Å². The molecule has 0 saturated heterocycles. The summed E-state index contributed by atoms with van der Waals surface area (Å²) in [5.74, 6) is 1.24. The molecule has 1 aromatic rings. The zero-order chi connectivity index (χ0) is 17.4. The van der Waals surface area contributed by atoms with E-state index in [1.807, 2.05) is 0 Å². The normalized spacial score (nSPS) is 16.1. The van der Waals surface area contributed by atoms with Gasteiger partial charge in [-0.15, -0.1) is 11.3 Å². The molecule has 1 aliphatic carbocycles. The fraction of sp³-hybridized carbons (Fsp3) is 0.647. The molecule has 0 spiro atoms. The van der Waals surface area contributed by atoms with Crippen LogP contribution in [0.5, 0.6) is 0 Å². The number of carbonyl (C=O) groups is 1. The molecule has 7 heteroatoms. The molecule has 0 bridgehead atoms. The first kappa shape index (κ1) is 18.7. The van der Waals surface area contributed by atoms with Crippen LogP contribution < -0.4 is 16.0 Å². The lowest BCUT2D eigenvalue weighted by Gasteiger charge is -2.22. The van der Waals surface area contributed by atoms with E-state index in [9.17, 15) is 4.79 Å². The van der Waals surface area contributed by atoms with Crippen molar-refractivity contribution in [3.63, 3.8) is 0 Å². The highest BCUT2D eigenvalue weighted by molar-refractivity contribution is 7.10. The van der Waals surface area contributed by atoms with Crippen LogP contribution in [0.15, 0.2) is 22.5 Å². The Morgan fingerprint density at radius 3 is 2.67 bits per heavy atom. The monoisotopic (exact) mass is 351 g/mol. The minimum absolute atomic E-state index is 0.184. The molecule has 1 unspecified atom stereocenters. The molecule has 1 atom stereocenters. The van der Waals surface area contributed by atoms with Gasteiger partial charge in [0.2, 0.25) is 5.91 Å². The summed E-state index contributed by atoms with van der Waals surface area (Å²) < 4.78 is 0. The maximum atomic E-state index is 11.6. The number of thiophene rings is 1. The fourth-order valence-electron chi connectivity index (χ4n) is 2.36. The summed E-state index contributed by atoms with van der Waals surface area (Å²) >= 11 is 1.76. The highest BCUT2D eigenvalue weighted by atomic mass is 32.1. The van der Waals surface area contributed by atoms with E-state index in [2.05, 4.69) is 59.4 Å². The first-order chi connectivity index (χ1) is 11.6. The van der Waals surface area contributed by atoms with Gasteiger partial charge in [0.1, 0.15) is 0 Å². The van der Waals surface area contributed by atoms with Crippen molar-refractivity contribution in [2.75, 3.05) is 40.3 Å². The van der Waals surface area contributed by atoms with Gasteiger partial charge in [-0.25, -0.2) is 0 Å². The van der Waals surface area contributed by atoms with Gasteiger partial charge in [-0.1, -0.05) is 6.07 Å². The minimum atomic E-state index is 0.184. The Hall–Kier alpha value is -1.60. The predicted molar refractivity (Wildman–Crippen MR) is 100 cm³/mol. The number of carbonyl (C=O) groups excluding carboxylic acids is 1. The number of amides is 1. The van der Waals surface area contributed by atoms with Crippen LogP contribution in [0.3, 0.4) is 0 Å². The van der Waals surface area contributed by atoms with Gasteiger partial charge in [-0.05, 0) is 45.3 Å². The molecule has 1 aromatic heterocycles. The van der Waals surface area contributed by atoms with E-state index >= 15 is 0 Å². The third-order valence-corrected chi connectivity index (χ3v) is 4.90. The molecule has 134 valence electrons. The molecule has 1 heterocycles. The highest BCUT2D eigenvalue weighted by Gasteiger charge is 2.28. The van der Waals surface area contributed by atoms with Gasteiger partial charge in [0.05, 0.1) is 12.6 Å². The lowest BCUT2D eigenvalue weighted by molar-refractivity contribution is -0.122. The third-order valence-electron chi connectivity index (χ3n) is 3.93. The SMILES string of the molecule is CCNC(=NCC(c1cccs1)N(C)C)NCCNC(=O)C1CC1. The molecular formula is C17H29N5OS. The molecule has 0 aromatic carbocycles. The van der Waals surface area contributed by atoms with Crippen molar-refractivity contribution in [2.24, 2.45) is 10.9 Å². The summed E-state index contributed by atoms with van der Waals surface area (Å²) in [4.78, 5) is 19.8. The maximum absolute atomic E-state index is 11.6. The Morgan fingerprint density at radius 2 is 2.08 bits per heavy atom. The Kier molecular flexibility index (Phi) is 7.52. The lowest BCUT2D eigenvalue weighted by atomic mass is 10.2. The van der Waals surface area contributed by atoms with Crippen LogP contribution in [0.1, 0.15) is 30.7 Å². The molecule has 1 aliphatic rings. The van der Waals surface area contributed by atoms with Gasteiger partial charge in [-0.3, -0.25) is 9.79 Å². The average molecular weight is 352 g/mol. The molecule has 24 heavy (non-hydrogen) atoms. The van der Waals surface area contributed by atoms with Crippen molar-refractivity contribution in [2.45, 2.75) is 25.8 Å². The number of nitrogens with one attached hydrogen (secondary N) is 3. The van der Waals surface area contributed by atoms with E-state index in [1.54, 1.807) is 11.3 Å². The van der Waals surface area contributed by atoms with E-state index in [0.29, 0.717) is 19.6 Å². The standard InChI is InChI=1S/C17H29N5OS/c1-4-18-17(20-10-9-19-16(23)13-7-8-13)21-12-14(22(2)3)15-6-5-11-24-15/h5-6,11,13-14H,4,7-10,12H2,1-3H3,(H,19,23)(H2,18,20,21). The zero-order valence-electron chi connectivity index (χ0n) is 14.8. The molecule has 6 nitrogen and oxygen atoms in total. The van der Waals surface area contributed by atoms with E-state index in [0.717, 1.165) is 25.3 Å². The number of hydrogen-bond acceptors (Lipinski definition) is 4. The summed E-state index contributed by atoms with van der Waals surface area (Å²) in [7, 11) is 4.15. The zero-order valence-corrected chi connectivity index (χ0v) is 15.7. The topological polar surface area (TPSA) is 68.8 Å². The van der Waals surface area contributed by atoms with Crippen LogP contribution in [0.4, 0.5) is 0 Å². The van der Waals surface area contributed by atoms with Crippen LogP contribution in [-0.4, -0.2) is 57.0 Å². The number of nitrogens with zero attached hydrogens (tertiary/aromatic N) is 2. The second-order valence-corrected chi connectivity index (χ2v) is 7.19. The second kappa shape index (κ2) is 9.64. The minimum Gasteiger partial charge on any atom is -0.357 e. The number of likely N-dealkylation sites (N-methyl/N-ethyl adjacent to an activating group) is 1. The Morgan fingerprint density at radius 1 is 1.33 bits per heavy atom.